The normalized spacial score (nSPS) is 17.3. The third kappa shape index (κ3) is 9.11. The molecule has 1 aromatic heterocycles. The molecular formula is C39H43ClN2O8S. The van der Waals surface area contributed by atoms with Crippen molar-refractivity contribution in [2.24, 2.45) is 0 Å². The number of pyridine rings is 1. The molecule has 51 heavy (non-hydrogen) atoms. The maximum atomic E-state index is 12.9. The highest BCUT2D eigenvalue weighted by atomic mass is 35.5. The summed E-state index contributed by atoms with van der Waals surface area (Å²) in [6.07, 6.45) is 1.31. The highest BCUT2D eigenvalue weighted by Crippen LogP contribution is 2.53. The maximum absolute atomic E-state index is 12.9. The quantitative estimate of drug-likeness (QED) is 0.0943. The minimum atomic E-state index is -1.76. The van der Waals surface area contributed by atoms with Gasteiger partial charge in [-0.05, 0) is 84.8 Å². The molecule has 2 aliphatic rings. The first-order valence-corrected chi connectivity index (χ1v) is 18.4. The molecule has 3 aromatic carbocycles. The molecule has 2 saturated carbocycles. The number of aliphatic hydroxyl groups excluding tert-OH is 5. The number of hydrogen-bond donors (Lipinski definition) is 5. The fraction of sp³-hybridized carbons (Fsp3) is 0.385. The van der Waals surface area contributed by atoms with Gasteiger partial charge in [0.2, 0.25) is 0 Å². The lowest BCUT2D eigenvalue weighted by Gasteiger charge is -2.28. The summed E-state index contributed by atoms with van der Waals surface area (Å²) < 4.78 is 12.9. The number of carbonyl (C=O) groups excluding carboxylic acids is 1. The van der Waals surface area contributed by atoms with Crippen LogP contribution < -0.4 is 4.74 Å². The van der Waals surface area contributed by atoms with Crippen molar-refractivity contribution in [3.8, 4) is 16.9 Å². The van der Waals surface area contributed by atoms with Gasteiger partial charge >= 0.3 is 0 Å². The third-order valence-corrected chi connectivity index (χ3v) is 10.7. The van der Waals surface area contributed by atoms with Crippen LogP contribution >= 0.6 is 23.4 Å². The number of halogens is 1. The summed E-state index contributed by atoms with van der Waals surface area (Å²) in [6, 6.07) is 23.2. The smallest absolute Gasteiger partial charge is 0.253 e. The fourth-order valence-corrected chi connectivity index (χ4v) is 6.98. The molecule has 12 heteroatoms. The molecule has 1 heterocycles. The van der Waals surface area contributed by atoms with E-state index in [4.69, 9.17) is 26.2 Å². The van der Waals surface area contributed by atoms with Crippen LogP contribution in [0.4, 0.5) is 0 Å². The molecule has 0 bridgehead atoms. The molecule has 5 N–H and O–H groups in total. The van der Waals surface area contributed by atoms with E-state index in [1.54, 1.807) is 23.9 Å². The van der Waals surface area contributed by atoms with Crippen LogP contribution in [0.2, 0.25) is 5.02 Å². The van der Waals surface area contributed by atoms with Crippen LogP contribution in [0.25, 0.3) is 11.1 Å². The van der Waals surface area contributed by atoms with E-state index in [1.165, 1.54) is 11.9 Å². The van der Waals surface area contributed by atoms with Crippen molar-refractivity contribution in [1.29, 1.82) is 0 Å². The Balaban J connectivity index is 1.05. The number of ether oxygens (including phenoxy) is 2. The lowest BCUT2D eigenvalue weighted by molar-refractivity contribution is -0.117. The van der Waals surface area contributed by atoms with Gasteiger partial charge in [-0.15, -0.1) is 11.8 Å². The van der Waals surface area contributed by atoms with Crippen LogP contribution in [0.15, 0.2) is 90.1 Å². The first kappa shape index (κ1) is 37.2. The Kier molecular flexibility index (Phi) is 12.0. The number of thioether (sulfide) groups is 1. The van der Waals surface area contributed by atoms with E-state index in [0.29, 0.717) is 22.9 Å². The zero-order valence-electron chi connectivity index (χ0n) is 28.3. The molecule has 6 rings (SSSR count). The SMILES string of the molecule is CN(C[C@H](O)C(O)C(O)[C@H](O)CO)C(=O)c1ccc(CSc2ccc(Cl)c(COC3(c4cnccc4-c4ccccc4OC4CC4)CC3)c2)cc1. The average molecular weight is 735 g/mol. The van der Waals surface area contributed by atoms with Gasteiger partial charge in [-0.3, -0.25) is 9.78 Å². The van der Waals surface area contributed by atoms with Crippen molar-refractivity contribution in [2.75, 3.05) is 20.2 Å². The van der Waals surface area contributed by atoms with Gasteiger partial charge in [0.1, 0.15) is 30.2 Å². The molecule has 4 atom stereocenters. The van der Waals surface area contributed by atoms with E-state index >= 15 is 0 Å². The zero-order chi connectivity index (χ0) is 36.1. The summed E-state index contributed by atoms with van der Waals surface area (Å²) in [7, 11) is 1.46. The van der Waals surface area contributed by atoms with Gasteiger partial charge in [-0.1, -0.05) is 41.9 Å². The minimum absolute atomic E-state index is 0.288. The second kappa shape index (κ2) is 16.4. The number of benzene rings is 3. The van der Waals surface area contributed by atoms with Gasteiger partial charge in [0, 0.05) is 58.3 Å². The van der Waals surface area contributed by atoms with Crippen molar-refractivity contribution in [3.63, 3.8) is 0 Å². The van der Waals surface area contributed by atoms with Crippen LogP contribution in [0, 0.1) is 0 Å². The minimum Gasteiger partial charge on any atom is -0.490 e. The molecule has 0 saturated heterocycles. The first-order valence-electron chi connectivity index (χ1n) is 17.0. The van der Waals surface area contributed by atoms with Gasteiger partial charge in [0.05, 0.1) is 24.9 Å². The molecule has 2 aliphatic carbocycles. The lowest BCUT2D eigenvalue weighted by Crippen LogP contribution is -2.49. The van der Waals surface area contributed by atoms with Crippen LogP contribution in [-0.4, -0.2) is 92.0 Å². The van der Waals surface area contributed by atoms with Crippen molar-refractivity contribution >= 4 is 29.3 Å². The molecular weight excluding hydrogens is 692 g/mol. The monoisotopic (exact) mass is 734 g/mol. The summed E-state index contributed by atoms with van der Waals surface area (Å²) in [4.78, 5) is 19.6. The number of para-hydroxylation sites is 1. The maximum Gasteiger partial charge on any atom is 0.253 e. The van der Waals surface area contributed by atoms with Gasteiger partial charge in [-0.2, -0.15) is 0 Å². The Bertz CT molecular complexity index is 1800. The second-order valence-electron chi connectivity index (χ2n) is 13.2. The predicted molar refractivity (Wildman–Crippen MR) is 195 cm³/mol. The van der Waals surface area contributed by atoms with E-state index in [0.717, 1.165) is 64.1 Å². The Morgan fingerprint density at radius 3 is 2.41 bits per heavy atom. The zero-order valence-corrected chi connectivity index (χ0v) is 29.8. The van der Waals surface area contributed by atoms with E-state index in [9.17, 15) is 25.2 Å². The molecule has 4 aromatic rings. The highest BCUT2D eigenvalue weighted by Gasteiger charge is 2.48. The summed E-state index contributed by atoms with van der Waals surface area (Å²) in [5.74, 6) is 1.14. The Labute approximate surface area is 306 Å². The highest BCUT2D eigenvalue weighted by molar-refractivity contribution is 7.98. The largest absolute Gasteiger partial charge is 0.490 e. The number of aromatic nitrogens is 1. The van der Waals surface area contributed by atoms with E-state index in [2.05, 4.69) is 17.1 Å². The van der Waals surface area contributed by atoms with Crippen LogP contribution in [0.3, 0.4) is 0 Å². The topological polar surface area (TPSA) is 153 Å². The Hall–Kier alpha value is -3.52. The van der Waals surface area contributed by atoms with E-state index in [1.807, 2.05) is 60.9 Å². The molecule has 0 aliphatic heterocycles. The molecule has 2 fully saturated rings. The van der Waals surface area contributed by atoms with Gasteiger partial charge in [0.15, 0.2) is 0 Å². The van der Waals surface area contributed by atoms with Crippen LogP contribution in [0.1, 0.15) is 52.7 Å². The van der Waals surface area contributed by atoms with Crippen molar-refractivity contribution in [2.45, 2.75) is 79.1 Å². The number of nitrogens with zero attached hydrogens (tertiary/aromatic N) is 2. The van der Waals surface area contributed by atoms with Crippen molar-refractivity contribution < 1.29 is 39.8 Å². The van der Waals surface area contributed by atoms with E-state index in [-0.39, 0.29) is 18.6 Å². The first-order chi connectivity index (χ1) is 24.6. The third-order valence-electron chi connectivity index (χ3n) is 9.27. The molecule has 0 spiro atoms. The van der Waals surface area contributed by atoms with E-state index < -0.39 is 36.6 Å². The summed E-state index contributed by atoms with van der Waals surface area (Å²) in [6.45, 7) is -0.721. The van der Waals surface area contributed by atoms with Gasteiger partial charge < -0.3 is 39.9 Å². The number of carbonyl (C=O) groups is 1. The molecule has 10 nitrogen and oxygen atoms in total. The number of rotatable bonds is 17. The lowest BCUT2D eigenvalue weighted by atomic mass is 9.96. The molecule has 0 radical (unpaired) electrons. The predicted octanol–water partition coefficient (Wildman–Crippen LogP) is 4.95. The summed E-state index contributed by atoms with van der Waals surface area (Å²) in [5.41, 5.74) is 5.00. The van der Waals surface area contributed by atoms with Crippen molar-refractivity contribution in [3.05, 3.63) is 112 Å². The second-order valence-corrected chi connectivity index (χ2v) is 14.7. The summed E-state index contributed by atoms with van der Waals surface area (Å²) >= 11 is 8.29. The number of aliphatic hydroxyl groups is 5. The average Bonchev–Trinajstić information content (AvgIpc) is 4.11. The molecule has 270 valence electrons. The fourth-order valence-electron chi connectivity index (χ4n) is 5.89. The number of amides is 1. The number of hydrogen-bond acceptors (Lipinski definition) is 10. The molecule has 2 unspecified atom stereocenters. The van der Waals surface area contributed by atoms with Crippen LogP contribution in [-0.2, 0) is 22.7 Å². The molecule has 1 amide bonds. The standard InChI is InChI=1S/C39H43ClN2O8S/c1-42(20-33(44)36(46)37(47)34(45)21-43)38(48)25-8-6-24(7-9-25)23-51-28-12-13-32(40)26(18-28)22-49-39(15-16-39)31-19-41-17-14-29(31)30-4-2-3-5-35(30)50-27-10-11-27/h2-9,12-14,17-19,27,33-34,36-37,43-47H,10-11,15-16,20-23H2,1H3/t33-,34+,36?,37?/m0/s1. The Morgan fingerprint density at radius 1 is 0.980 bits per heavy atom. The number of likely N-dealkylation sites (N-methyl/N-ethyl adjacent to an activating group) is 1. The Morgan fingerprint density at radius 2 is 1.71 bits per heavy atom. The van der Waals surface area contributed by atoms with Crippen molar-refractivity contribution in [1.82, 2.24) is 9.88 Å². The summed E-state index contributed by atoms with van der Waals surface area (Å²) in [5, 5.41) is 49.3. The van der Waals surface area contributed by atoms with Gasteiger partial charge in [0.25, 0.3) is 5.91 Å². The van der Waals surface area contributed by atoms with Gasteiger partial charge in [-0.25, -0.2) is 0 Å². The van der Waals surface area contributed by atoms with Crippen LogP contribution in [0.5, 0.6) is 5.75 Å².